The molecule has 0 aliphatic rings. The molecule has 0 aromatic rings. The van der Waals surface area contributed by atoms with E-state index in [1.807, 2.05) is 0 Å². The third kappa shape index (κ3) is 12.0. The zero-order valence-electron chi connectivity index (χ0n) is 11.0. The predicted octanol–water partition coefficient (Wildman–Crippen LogP) is 1.99. The number of hydrogen-bond acceptors (Lipinski definition) is 3. The van der Waals surface area contributed by atoms with Crippen LogP contribution in [0.2, 0.25) is 0 Å². The maximum atomic E-state index is 8.62. The highest BCUT2D eigenvalue weighted by Crippen LogP contribution is 2.07. The molecule has 0 heterocycles. The van der Waals surface area contributed by atoms with Crippen LogP contribution in [-0.4, -0.2) is 43.3 Å². The van der Waals surface area contributed by atoms with Gasteiger partial charge in [-0.25, -0.2) is 0 Å². The molecule has 3 nitrogen and oxygen atoms in total. The Kier molecular flexibility index (Phi) is 12.9. The molecule has 0 atom stereocenters. The number of unbranched alkanes of at least 4 members (excludes halogenated alkanes) is 6. The molecule has 0 rings (SSSR count). The molecular formula is C13H30N2O. The van der Waals surface area contributed by atoms with Gasteiger partial charge >= 0.3 is 0 Å². The van der Waals surface area contributed by atoms with Crippen molar-refractivity contribution in [3.05, 3.63) is 0 Å². The van der Waals surface area contributed by atoms with Gasteiger partial charge in [0.25, 0.3) is 0 Å². The average molecular weight is 230 g/mol. The van der Waals surface area contributed by atoms with E-state index in [1.54, 1.807) is 0 Å². The Balaban J connectivity index is 3.02. The van der Waals surface area contributed by atoms with Gasteiger partial charge in [-0.1, -0.05) is 32.1 Å². The van der Waals surface area contributed by atoms with Crippen LogP contribution in [0.1, 0.15) is 51.4 Å². The minimum Gasteiger partial charge on any atom is -0.396 e. The highest BCUT2D eigenvalue weighted by atomic mass is 16.2. The lowest BCUT2D eigenvalue weighted by Crippen LogP contribution is -2.22. The van der Waals surface area contributed by atoms with Crippen molar-refractivity contribution in [3.63, 3.8) is 0 Å². The monoisotopic (exact) mass is 230 g/mol. The maximum Gasteiger partial charge on any atom is 0.0431 e. The second kappa shape index (κ2) is 12.9. The largest absolute Gasteiger partial charge is 0.396 e. The van der Waals surface area contributed by atoms with Gasteiger partial charge in [0.05, 0.1) is 0 Å². The first-order chi connectivity index (χ1) is 7.81. The first-order valence-electron chi connectivity index (χ1n) is 6.80. The van der Waals surface area contributed by atoms with Crippen molar-refractivity contribution < 1.29 is 5.11 Å². The van der Waals surface area contributed by atoms with Gasteiger partial charge in [-0.3, -0.25) is 0 Å². The van der Waals surface area contributed by atoms with Crippen molar-refractivity contribution in [1.82, 2.24) is 4.90 Å². The lowest BCUT2D eigenvalue weighted by atomic mass is 10.1. The molecule has 0 fully saturated rings. The third-order valence-electron chi connectivity index (χ3n) is 2.94. The number of rotatable bonds is 12. The molecule has 0 saturated carbocycles. The fourth-order valence-corrected chi connectivity index (χ4v) is 1.85. The molecule has 0 saturated heterocycles. The van der Waals surface area contributed by atoms with Crippen LogP contribution in [0.15, 0.2) is 0 Å². The molecule has 0 aromatic carbocycles. The molecule has 0 aromatic heterocycles. The SMILES string of the molecule is CN(CCCN)CCCCCCCCCO. The molecule has 0 radical (unpaired) electrons. The van der Waals surface area contributed by atoms with Gasteiger partial charge in [-0.15, -0.1) is 0 Å². The standard InChI is InChI=1S/C13H30N2O/c1-15(12-9-10-14)11-7-5-3-2-4-6-8-13-16/h16H,2-14H2,1H3. The lowest BCUT2D eigenvalue weighted by Gasteiger charge is -2.15. The van der Waals surface area contributed by atoms with Crippen molar-refractivity contribution in [2.24, 2.45) is 5.73 Å². The Hall–Kier alpha value is -0.120. The zero-order chi connectivity index (χ0) is 12.1. The Morgan fingerprint density at radius 3 is 1.88 bits per heavy atom. The van der Waals surface area contributed by atoms with E-state index in [-0.39, 0.29) is 0 Å². The molecule has 0 aliphatic carbocycles. The van der Waals surface area contributed by atoms with E-state index >= 15 is 0 Å². The molecule has 3 heteroatoms. The summed E-state index contributed by atoms with van der Waals surface area (Å²) in [6.45, 7) is 3.49. The maximum absolute atomic E-state index is 8.62. The van der Waals surface area contributed by atoms with Gasteiger partial charge in [0.15, 0.2) is 0 Å². The van der Waals surface area contributed by atoms with Crippen LogP contribution in [0.5, 0.6) is 0 Å². The van der Waals surface area contributed by atoms with Crippen LogP contribution < -0.4 is 5.73 Å². The second-order valence-corrected chi connectivity index (χ2v) is 4.64. The van der Waals surface area contributed by atoms with E-state index < -0.39 is 0 Å². The van der Waals surface area contributed by atoms with Crippen LogP contribution >= 0.6 is 0 Å². The van der Waals surface area contributed by atoms with Crippen molar-refractivity contribution in [2.75, 3.05) is 33.3 Å². The highest BCUT2D eigenvalue weighted by molar-refractivity contribution is 4.53. The summed E-state index contributed by atoms with van der Waals surface area (Å²) in [7, 11) is 2.18. The van der Waals surface area contributed by atoms with Gasteiger partial charge < -0.3 is 15.7 Å². The van der Waals surface area contributed by atoms with Crippen molar-refractivity contribution in [3.8, 4) is 0 Å². The van der Waals surface area contributed by atoms with E-state index in [4.69, 9.17) is 10.8 Å². The number of nitrogens with zero attached hydrogens (tertiary/aromatic N) is 1. The fourth-order valence-electron chi connectivity index (χ4n) is 1.85. The quantitative estimate of drug-likeness (QED) is 0.504. The normalized spacial score (nSPS) is 11.2. The molecule has 16 heavy (non-hydrogen) atoms. The van der Waals surface area contributed by atoms with Crippen LogP contribution in [0.4, 0.5) is 0 Å². The Morgan fingerprint density at radius 1 is 0.812 bits per heavy atom. The second-order valence-electron chi connectivity index (χ2n) is 4.64. The number of nitrogens with two attached hydrogens (primary N) is 1. The zero-order valence-corrected chi connectivity index (χ0v) is 11.0. The number of hydrogen-bond donors (Lipinski definition) is 2. The summed E-state index contributed by atoms with van der Waals surface area (Å²) in [5.74, 6) is 0. The van der Waals surface area contributed by atoms with Crippen LogP contribution in [0.3, 0.4) is 0 Å². The summed E-state index contributed by atoms with van der Waals surface area (Å²) < 4.78 is 0. The average Bonchev–Trinajstić information content (AvgIpc) is 2.30. The van der Waals surface area contributed by atoms with Gasteiger partial charge in [-0.05, 0) is 45.9 Å². The van der Waals surface area contributed by atoms with Crippen molar-refractivity contribution in [1.29, 1.82) is 0 Å². The molecule has 98 valence electrons. The van der Waals surface area contributed by atoms with E-state index in [9.17, 15) is 0 Å². The molecule has 0 unspecified atom stereocenters. The molecule has 0 bridgehead atoms. The van der Waals surface area contributed by atoms with Crippen molar-refractivity contribution >= 4 is 0 Å². The smallest absolute Gasteiger partial charge is 0.0431 e. The minimum atomic E-state index is 0.353. The van der Waals surface area contributed by atoms with E-state index in [2.05, 4.69) is 11.9 Å². The lowest BCUT2D eigenvalue weighted by molar-refractivity contribution is 0.282. The number of aliphatic hydroxyl groups is 1. The van der Waals surface area contributed by atoms with E-state index in [0.717, 1.165) is 25.9 Å². The first-order valence-corrected chi connectivity index (χ1v) is 6.80. The molecule has 0 aliphatic heterocycles. The van der Waals surface area contributed by atoms with Crippen molar-refractivity contribution in [2.45, 2.75) is 51.4 Å². The Morgan fingerprint density at radius 2 is 1.31 bits per heavy atom. The molecular weight excluding hydrogens is 200 g/mol. The van der Waals surface area contributed by atoms with Crippen LogP contribution in [0, 0.1) is 0 Å². The molecule has 3 N–H and O–H groups in total. The molecule has 0 amide bonds. The summed E-state index contributed by atoms with van der Waals surface area (Å²) >= 11 is 0. The highest BCUT2D eigenvalue weighted by Gasteiger charge is 1.97. The number of aliphatic hydroxyl groups excluding tert-OH is 1. The van der Waals surface area contributed by atoms with Crippen LogP contribution in [0.25, 0.3) is 0 Å². The topological polar surface area (TPSA) is 49.5 Å². The summed E-state index contributed by atoms with van der Waals surface area (Å²) in [5.41, 5.74) is 5.47. The summed E-state index contributed by atoms with van der Waals surface area (Å²) in [5, 5.41) is 8.62. The Bertz CT molecular complexity index is 131. The minimum absolute atomic E-state index is 0.353. The summed E-state index contributed by atoms with van der Waals surface area (Å²) in [6.07, 6.45) is 9.87. The predicted molar refractivity (Wildman–Crippen MR) is 70.6 cm³/mol. The first kappa shape index (κ1) is 15.9. The van der Waals surface area contributed by atoms with E-state index in [0.29, 0.717) is 6.61 Å². The van der Waals surface area contributed by atoms with Gasteiger partial charge in [0.2, 0.25) is 0 Å². The van der Waals surface area contributed by atoms with Gasteiger partial charge in [-0.2, -0.15) is 0 Å². The van der Waals surface area contributed by atoms with Gasteiger partial charge in [0, 0.05) is 6.61 Å². The third-order valence-corrected chi connectivity index (χ3v) is 2.94. The molecule has 0 spiro atoms. The summed E-state index contributed by atoms with van der Waals surface area (Å²) in [6, 6.07) is 0. The van der Waals surface area contributed by atoms with Gasteiger partial charge in [0.1, 0.15) is 0 Å². The van der Waals surface area contributed by atoms with Crippen LogP contribution in [-0.2, 0) is 0 Å². The van der Waals surface area contributed by atoms with E-state index in [1.165, 1.54) is 45.1 Å². The fraction of sp³-hybridized carbons (Fsp3) is 1.00. The Labute approximate surface area is 101 Å². The summed E-state index contributed by atoms with van der Waals surface area (Å²) in [4.78, 5) is 2.37.